The van der Waals surface area contributed by atoms with Gasteiger partial charge in [-0.05, 0) is 12.1 Å². The Kier molecular flexibility index (Phi) is 4.75. The largest absolute Gasteiger partial charge is 0.466 e. The van der Waals surface area contributed by atoms with Crippen LogP contribution in [0.3, 0.4) is 0 Å². The van der Waals surface area contributed by atoms with E-state index in [4.69, 9.17) is 14.2 Å². The predicted molar refractivity (Wildman–Crippen MR) is 98.5 cm³/mol. The van der Waals surface area contributed by atoms with Gasteiger partial charge in [-0.25, -0.2) is 9.59 Å². The van der Waals surface area contributed by atoms with Crippen LogP contribution in [-0.4, -0.2) is 59.3 Å². The number of ether oxygens (including phenoxy) is 3. The van der Waals surface area contributed by atoms with Crippen molar-refractivity contribution in [1.29, 1.82) is 0 Å². The van der Waals surface area contributed by atoms with Gasteiger partial charge in [0.1, 0.15) is 23.8 Å². The van der Waals surface area contributed by atoms with E-state index in [0.29, 0.717) is 15.7 Å². The van der Waals surface area contributed by atoms with Crippen molar-refractivity contribution in [1.82, 2.24) is 19.8 Å². The summed E-state index contributed by atoms with van der Waals surface area (Å²) in [5.41, 5.74) is 1.55. The summed E-state index contributed by atoms with van der Waals surface area (Å²) in [6.45, 7) is 0.0124. The van der Waals surface area contributed by atoms with E-state index in [2.05, 4.69) is 15.3 Å². The summed E-state index contributed by atoms with van der Waals surface area (Å²) >= 11 is 1.35. The number of nitrogens with zero attached hydrogens (tertiary/aromatic N) is 5. The van der Waals surface area contributed by atoms with Crippen molar-refractivity contribution in [2.45, 2.75) is 0 Å². The molecule has 1 aliphatic heterocycles. The highest BCUT2D eigenvalue weighted by Gasteiger charge is 2.33. The van der Waals surface area contributed by atoms with E-state index in [0.717, 1.165) is 5.56 Å². The molecule has 0 spiro atoms. The summed E-state index contributed by atoms with van der Waals surface area (Å²) < 4.78 is 16.8. The monoisotopic (exact) mass is 401 g/mol. The van der Waals surface area contributed by atoms with Crippen LogP contribution in [-0.2, 0) is 23.8 Å². The Morgan fingerprint density at radius 2 is 1.96 bits per heavy atom. The minimum atomic E-state index is -0.656. The number of carbonyl (C=O) groups is 2. The average Bonchev–Trinajstić information content (AvgIpc) is 3.34. The highest BCUT2D eigenvalue weighted by molar-refractivity contribution is 7.19. The number of esters is 2. The summed E-state index contributed by atoms with van der Waals surface area (Å²) in [4.78, 5) is 26.9. The molecule has 2 aromatic heterocycles. The Morgan fingerprint density at radius 1 is 1.18 bits per heavy atom. The first-order chi connectivity index (χ1) is 13.6. The summed E-state index contributed by atoms with van der Waals surface area (Å²) in [7, 11) is 2.50. The third kappa shape index (κ3) is 3.00. The molecule has 0 unspecified atom stereocenters. The van der Waals surface area contributed by atoms with Crippen LogP contribution in [0.1, 0.15) is 0 Å². The van der Waals surface area contributed by atoms with Crippen LogP contribution in [0.2, 0.25) is 0 Å². The second-order valence-corrected chi connectivity index (χ2v) is 6.65. The zero-order chi connectivity index (χ0) is 19.7. The molecule has 0 fully saturated rings. The van der Waals surface area contributed by atoms with Crippen LogP contribution in [0.15, 0.2) is 41.9 Å². The van der Waals surface area contributed by atoms with Crippen LogP contribution < -0.4 is 4.90 Å². The molecule has 0 saturated heterocycles. The van der Waals surface area contributed by atoms with E-state index in [1.807, 2.05) is 24.3 Å². The quantitative estimate of drug-likeness (QED) is 0.597. The minimum Gasteiger partial charge on any atom is -0.466 e. The second kappa shape index (κ2) is 7.37. The highest BCUT2D eigenvalue weighted by atomic mass is 32.1. The molecule has 0 aliphatic carbocycles. The van der Waals surface area contributed by atoms with Crippen molar-refractivity contribution in [2.75, 3.05) is 32.5 Å². The van der Waals surface area contributed by atoms with Gasteiger partial charge in [0.25, 0.3) is 0 Å². The van der Waals surface area contributed by atoms with E-state index >= 15 is 0 Å². The molecule has 11 heteroatoms. The van der Waals surface area contributed by atoms with E-state index in [1.54, 1.807) is 9.42 Å². The molecule has 3 heterocycles. The molecule has 4 rings (SSSR count). The molecule has 1 aliphatic rings. The van der Waals surface area contributed by atoms with E-state index < -0.39 is 11.9 Å². The number of hydrogen-bond acceptors (Lipinski definition) is 10. The normalized spacial score (nSPS) is 14.4. The lowest BCUT2D eigenvalue weighted by atomic mass is 10.1. The Bertz CT molecular complexity index is 1060. The van der Waals surface area contributed by atoms with Crippen molar-refractivity contribution in [2.24, 2.45) is 0 Å². The number of aromatic nitrogens is 4. The van der Waals surface area contributed by atoms with Crippen molar-refractivity contribution >= 4 is 33.9 Å². The van der Waals surface area contributed by atoms with Crippen LogP contribution in [0, 0.1) is 0 Å². The fourth-order valence-corrected chi connectivity index (χ4v) is 3.75. The van der Waals surface area contributed by atoms with Crippen molar-refractivity contribution in [3.8, 4) is 10.6 Å². The number of rotatable bonds is 4. The smallest absolute Gasteiger partial charge is 0.355 e. The molecule has 3 aromatic rings. The Hall–Kier alpha value is -3.31. The third-order valence-corrected chi connectivity index (χ3v) is 5.09. The maximum atomic E-state index is 12.5. The molecule has 0 saturated carbocycles. The number of para-hydroxylation sites is 1. The third-order valence-electron chi connectivity index (χ3n) is 4.15. The van der Waals surface area contributed by atoms with Crippen molar-refractivity contribution < 1.29 is 23.8 Å². The molecule has 1 aromatic carbocycles. The number of anilines is 1. The fraction of sp³-hybridized carbons (Fsp3) is 0.235. The second-order valence-electron chi connectivity index (χ2n) is 5.70. The van der Waals surface area contributed by atoms with Gasteiger partial charge in [-0.2, -0.15) is 9.61 Å². The number of methoxy groups -OCH3 is 2. The SMILES string of the molecule is COC(=O)C1=C(C(=O)OC)N(c2ccccc2-c2nn3cnnc3s2)COC1. The fourth-order valence-electron chi connectivity index (χ4n) is 2.89. The molecular formula is C17H15N5O5S. The summed E-state index contributed by atoms with van der Waals surface area (Å²) in [6, 6.07) is 7.35. The van der Waals surface area contributed by atoms with E-state index in [9.17, 15) is 9.59 Å². The molecule has 144 valence electrons. The standard InChI is InChI=1S/C17H15N5O5S/c1-25-15(23)11-7-27-9-21(13(11)16(24)26-2)12-6-4-3-5-10(12)14-20-22-8-18-19-17(22)28-14/h3-6,8H,7,9H2,1-2H3. The predicted octanol–water partition coefficient (Wildman–Crippen LogP) is 1.25. The van der Waals surface area contributed by atoms with Gasteiger partial charge >= 0.3 is 11.9 Å². The Labute approximate surface area is 162 Å². The van der Waals surface area contributed by atoms with Gasteiger partial charge in [0, 0.05) is 5.56 Å². The van der Waals surface area contributed by atoms with Gasteiger partial charge in [0.05, 0.1) is 32.1 Å². The molecule has 0 radical (unpaired) electrons. The van der Waals surface area contributed by atoms with Gasteiger partial charge < -0.3 is 19.1 Å². The summed E-state index contributed by atoms with van der Waals surface area (Å²) in [6.07, 6.45) is 1.51. The summed E-state index contributed by atoms with van der Waals surface area (Å²) in [5, 5.41) is 13.0. The number of carbonyl (C=O) groups excluding carboxylic acids is 2. The number of hydrogen-bond donors (Lipinski definition) is 0. The minimum absolute atomic E-state index is 0.0491. The maximum absolute atomic E-state index is 12.5. The first-order valence-corrected chi connectivity index (χ1v) is 8.97. The molecule has 10 nitrogen and oxygen atoms in total. The highest BCUT2D eigenvalue weighted by Crippen LogP contribution is 2.36. The van der Waals surface area contributed by atoms with Crippen LogP contribution in [0.4, 0.5) is 5.69 Å². The Balaban J connectivity index is 1.87. The zero-order valence-electron chi connectivity index (χ0n) is 15.0. The number of benzene rings is 1. The lowest BCUT2D eigenvalue weighted by Crippen LogP contribution is -2.39. The van der Waals surface area contributed by atoms with Gasteiger partial charge in [-0.1, -0.05) is 23.5 Å². The van der Waals surface area contributed by atoms with E-state index in [-0.39, 0.29) is 24.6 Å². The van der Waals surface area contributed by atoms with Crippen LogP contribution in [0.5, 0.6) is 0 Å². The molecule has 0 bridgehead atoms. The van der Waals surface area contributed by atoms with E-state index in [1.165, 1.54) is 31.9 Å². The van der Waals surface area contributed by atoms with Crippen LogP contribution in [0.25, 0.3) is 15.5 Å². The van der Waals surface area contributed by atoms with Gasteiger partial charge in [0.2, 0.25) is 4.96 Å². The molecule has 0 atom stereocenters. The average molecular weight is 401 g/mol. The lowest BCUT2D eigenvalue weighted by molar-refractivity contribution is -0.140. The van der Waals surface area contributed by atoms with Gasteiger partial charge in [-0.3, -0.25) is 0 Å². The topological polar surface area (TPSA) is 108 Å². The van der Waals surface area contributed by atoms with Crippen LogP contribution >= 0.6 is 11.3 Å². The number of fused-ring (bicyclic) bond motifs is 1. The van der Waals surface area contributed by atoms with Gasteiger partial charge in [-0.15, -0.1) is 10.2 Å². The molecule has 28 heavy (non-hydrogen) atoms. The zero-order valence-corrected chi connectivity index (χ0v) is 15.8. The first-order valence-electron chi connectivity index (χ1n) is 8.15. The molecular weight excluding hydrogens is 386 g/mol. The molecule has 0 amide bonds. The lowest BCUT2D eigenvalue weighted by Gasteiger charge is -2.32. The molecule has 0 N–H and O–H groups in total. The summed E-state index contributed by atoms with van der Waals surface area (Å²) in [5.74, 6) is -1.31. The van der Waals surface area contributed by atoms with Crippen molar-refractivity contribution in [3.05, 3.63) is 41.9 Å². The van der Waals surface area contributed by atoms with Gasteiger partial charge in [0.15, 0.2) is 0 Å². The maximum Gasteiger partial charge on any atom is 0.355 e. The Morgan fingerprint density at radius 3 is 2.71 bits per heavy atom. The van der Waals surface area contributed by atoms with Crippen molar-refractivity contribution in [3.63, 3.8) is 0 Å². The first kappa shape index (κ1) is 18.1.